The highest BCUT2D eigenvalue weighted by molar-refractivity contribution is 7.09. The second kappa shape index (κ2) is 8.24. The van der Waals surface area contributed by atoms with Crippen molar-refractivity contribution in [1.82, 2.24) is 14.8 Å². The molecule has 5 rings (SSSR count). The molecule has 2 aliphatic rings. The zero-order valence-electron chi connectivity index (χ0n) is 17.4. The van der Waals surface area contributed by atoms with E-state index in [0.717, 1.165) is 43.4 Å². The Kier molecular flexibility index (Phi) is 5.29. The highest BCUT2D eigenvalue weighted by atomic mass is 32.1. The van der Waals surface area contributed by atoms with Gasteiger partial charge in [-0.05, 0) is 24.6 Å². The van der Waals surface area contributed by atoms with E-state index in [1.807, 2.05) is 30.5 Å². The summed E-state index contributed by atoms with van der Waals surface area (Å²) in [5, 5.41) is 2.63. The average Bonchev–Trinajstić information content (AvgIpc) is 3.42. The van der Waals surface area contributed by atoms with Crippen LogP contribution in [0.1, 0.15) is 44.3 Å². The summed E-state index contributed by atoms with van der Waals surface area (Å²) in [5.41, 5.74) is 3.21. The third kappa shape index (κ3) is 3.64. The summed E-state index contributed by atoms with van der Waals surface area (Å²) in [6.07, 6.45) is 1.70. The lowest BCUT2D eigenvalue weighted by atomic mass is 10.1. The minimum absolute atomic E-state index is 0.218. The van der Waals surface area contributed by atoms with Gasteiger partial charge in [-0.2, -0.15) is 0 Å². The molecule has 1 saturated heterocycles. The number of rotatable bonds is 5. The molecule has 0 saturated carbocycles. The summed E-state index contributed by atoms with van der Waals surface area (Å²) in [5.74, 6) is -0.447. The number of aromatic nitrogens is 1. The first kappa shape index (κ1) is 19.9. The Morgan fingerprint density at radius 2 is 1.74 bits per heavy atom. The van der Waals surface area contributed by atoms with Crippen molar-refractivity contribution in [1.29, 1.82) is 0 Å². The lowest BCUT2D eigenvalue weighted by Gasteiger charge is -2.36. The summed E-state index contributed by atoms with van der Waals surface area (Å²) >= 11 is 1.46. The number of anilines is 1. The lowest BCUT2D eigenvalue weighted by Crippen LogP contribution is -2.46. The van der Waals surface area contributed by atoms with Crippen LogP contribution in [-0.2, 0) is 6.54 Å². The van der Waals surface area contributed by atoms with Crippen molar-refractivity contribution in [3.05, 3.63) is 81.8 Å². The van der Waals surface area contributed by atoms with Crippen molar-refractivity contribution >= 4 is 28.8 Å². The van der Waals surface area contributed by atoms with Gasteiger partial charge in [0.1, 0.15) is 5.01 Å². The topological polar surface area (TPSA) is 56.8 Å². The molecule has 2 aliphatic heterocycles. The molecule has 0 radical (unpaired) electrons. The Labute approximate surface area is 185 Å². The zero-order chi connectivity index (χ0) is 21.4. The molecule has 0 aliphatic carbocycles. The summed E-state index contributed by atoms with van der Waals surface area (Å²) in [7, 11) is 0. The summed E-state index contributed by atoms with van der Waals surface area (Å²) in [6.45, 7) is 6.28. The van der Waals surface area contributed by atoms with Gasteiger partial charge in [-0.1, -0.05) is 36.4 Å². The average molecular weight is 433 g/mol. The molecule has 158 valence electrons. The van der Waals surface area contributed by atoms with Crippen LogP contribution in [-0.4, -0.2) is 52.8 Å². The number of thiazole rings is 1. The molecule has 3 aromatic rings. The molecule has 0 spiro atoms. The largest absolute Gasteiger partial charge is 0.368 e. The predicted octanol–water partition coefficient (Wildman–Crippen LogP) is 3.82. The molecule has 1 fully saturated rings. The fourth-order valence-corrected chi connectivity index (χ4v) is 5.13. The molecule has 6 nitrogen and oxygen atoms in total. The van der Waals surface area contributed by atoms with Gasteiger partial charge in [-0.15, -0.1) is 11.3 Å². The molecule has 1 unspecified atom stereocenters. The molecule has 2 aromatic carbocycles. The number of imide groups is 1. The Bertz CT molecular complexity index is 1090. The first-order valence-electron chi connectivity index (χ1n) is 10.5. The summed E-state index contributed by atoms with van der Waals surface area (Å²) in [6, 6.07) is 15.7. The SMILES string of the molecule is CC(c1nccs1)N1C(=O)c2cccc(N3CCN(Cc4ccccc4)CC3)c2C1=O. The van der Waals surface area contributed by atoms with Gasteiger partial charge in [0.2, 0.25) is 0 Å². The maximum atomic E-state index is 13.4. The smallest absolute Gasteiger partial charge is 0.264 e. The highest BCUT2D eigenvalue weighted by Crippen LogP contribution is 2.37. The van der Waals surface area contributed by atoms with Crippen LogP contribution in [0.2, 0.25) is 0 Å². The van der Waals surface area contributed by atoms with Crippen LogP contribution in [0.25, 0.3) is 0 Å². The zero-order valence-corrected chi connectivity index (χ0v) is 18.2. The number of piperazine rings is 1. The predicted molar refractivity (Wildman–Crippen MR) is 121 cm³/mol. The maximum absolute atomic E-state index is 13.4. The van der Waals surface area contributed by atoms with E-state index in [9.17, 15) is 9.59 Å². The number of benzene rings is 2. The number of fused-ring (bicyclic) bond motifs is 1. The van der Waals surface area contributed by atoms with E-state index in [1.165, 1.54) is 21.8 Å². The van der Waals surface area contributed by atoms with Crippen LogP contribution in [0, 0.1) is 0 Å². The molecule has 0 N–H and O–H groups in total. The molecule has 3 heterocycles. The van der Waals surface area contributed by atoms with E-state index < -0.39 is 0 Å². The van der Waals surface area contributed by atoms with Gasteiger partial charge in [0, 0.05) is 44.3 Å². The second-order valence-corrected chi connectivity index (χ2v) is 8.90. The van der Waals surface area contributed by atoms with E-state index in [1.54, 1.807) is 12.3 Å². The second-order valence-electron chi connectivity index (χ2n) is 7.98. The first-order chi connectivity index (χ1) is 15.1. The van der Waals surface area contributed by atoms with Crippen LogP contribution in [0.15, 0.2) is 60.1 Å². The van der Waals surface area contributed by atoms with E-state index >= 15 is 0 Å². The van der Waals surface area contributed by atoms with E-state index in [2.05, 4.69) is 39.0 Å². The summed E-state index contributed by atoms with van der Waals surface area (Å²) < 4.78 is 0. The number of amides is 2. The van der Waals surface area contributed by atoms with Crippen molar-refractivity contribution in [3.8, 4) is 0 Å². The van der Waals surface area contributed by atoms with E-state index in [4.69, 9.17) is 0 Å². The van der Waals surface area contributed by atoms with Crippen LogP contribution in [0.3, 0.4) is 0 Å². The number of hydrogen-bond acceptors (Lipinski definition) is 6. The molecular formula is C24H24N4O2S. The minimum atomic E-state index is -0.372. The number of carbonyl (C=O) groups is 2. The molecule has 1 aromatic heterocycles. The minimum Gasteiger partial charge on any atom is -0.368 e. The van der Waals surface area contributed by atoms with Gasteiger partial charge in [-0.3, -0.25) is 19.4 Å². The molecule has 2 amide bonds. The van der Waals surface area contributed by atoms with Crippen molar-refractivity contribution in [2.75, 3.05) is 31.1 Å². The van der Waals surface area contributed by atoms with E-state index in [-0.39, 0.29) is 17.9 Å². The lowest BCUT2D eigenvalue weighted by molar-refractivity contribution is 0.0595. The Hall–Kier alpha value is -3.03. The monoisotopic (exact) mass is 432 g/mol. The quantitative estimate of drug-likeness (QED) is 0.574. The Morgan fingerprint density at radius 3 is 2.45 bits per heavy atom. The Morgan fingerprint density at radius 1 is 0.968 bits per heavy atom. The molecule has 31 heavy (non-hydrogen) atoms. The van der Waals surface area contributed by atoms with Crippen LogP contribution in [0.5, 0.6) is 0 Å². The van der Waals surface area contributed by atoms with Gasteiger partial charge >= 0.3 is 0 Å². The van der Waals surface area contributed by atoms with Crippen LogP contribution in [0.4, 0.5) is 5.69 Å². The third-order valence-electron chi connectivity index (χ3n) is 6.08. The normalized spacial score (nSPS) is 17.8. The Balaban J connectivity index is 1.34. The van der Waals surface area contributed by atoms with Crippen molar-refractivity contribution < 1.29 is 9.59 Å². The van der Waals surface area contributed by atoms with E-state index in [0.29, 0.717) is 11.1 Å². The molecular weight excluding hydrogens is 408 g/mol. The maximum Gasteiger partial charge on any atom is 0.264 e. The molecule has 1 atom stereocenters. The van der Waals surface area contributed by atoms with Gasteiger partial charge < -0.3 is 4.90 Å². The highest BCUT2D eigenvalue weighted by Gasteiger charge is 2.42. The number of nitrogens with zero attached hydrogens (tertiary/aromatic N) is 4. The number of carbonyl (C=O) groups excluding carboxylic acids is 2. The van der Waals surface area contributed by atoms with Gasteiger partial charge in [0.15, 0.2) is 0 Å². The first-order valence-corrected chi connectivity index (χ1v) is 11.4. The molecule has 0 bridgehead atoms. The summed E-state index contributed by atoms with van der Waals surface area (Å²) in [4.78, 5) is 36.8. The van der Waals surface area contributed by atoms with Crippen molar-refractivity contribution in [2.24, 2.45) is 0 Å². The van der Waals surface area contributed by atoms with Gasteiger partial charge in [-0.25, -0.2) is 4.98 Å². The fraction of sp³-hybridized carbons (Fsp3) is 0.292. The van der Waals surface area contributed by atoms with Crippen LogP contribution >= 0.6 is 11.3 Å². The van der Waals surface area contributed by atoms with Crippen LogP contribution < -0.4 is 4.90 Å². The van der Waals surface area contributed by atoms with Crippen molar-refractivity contribution in [3.63, 3.8) is 0 Å². The third-order valence-corrected chi connectivity index (χ3v) is 7.03. The fourth-order valence-electron chi connectivity index (χ4n) is 4.44. The number of hydrogen-bond donors (Lipinski definition) is 0. The standard InChI is InChI=1S/C24H24N4O2S/c1-17(22-25-10-15-31-22)28-23(29)19-8-5-9-20(21(19)24(28)30)27-13-11-26(12-14-27)16-18-6-3-2-4-7-18/h2-10,15,17H,11-14,16H2,1H3. The van der Waals surface area contributed by atoms with Gasteiger partial charge in [0.05, 0.1) is 22.9 Å². The molecule has 7 heteroatoms. The van der Waals surface area contributed by atoms with Crippen molar-refractivity contribution in [2.45, 2.75) is 19.5 Å². The van der Waals surface area contributed by atoms with Gasteiger partial charge in [0.25, 0.3) is 11.8 Å².